The van der Waals surface area contributed by atoms with Gasteiger partial charge in [0.05, 0.1) is 0 Å². The standard InChI is InChI=1S/C9H14/c1-4-7-8-9(5-2)6-3/h4-6,9H,1-3,7-8H2. The van der Waals surface area contributed by atoms with E-state index in [0.717, 1.165) is 12.8 Å². The fraction of sp³-hybridized carbons (Fsp3) is 0.333. The molecule has 0 heterocycles. The van der Waals surface area contributed by atoms with Crippen molar-refractivity contribution in [2.75, 3.05) is 0 Å². The van der Waals surface area contributed by atoms with Crippen LogP contribution in [0.5, 0.6) is 0 Å². The Labute approximate surface area is 57.6 Å². The van der Waals surface area contributed by atoms with Crippen molar-refractivity contribution in [2.45, 2.75) is 12.8 Å². The second-order valence-corrected chi connectivity index (χ2v) is 2.00. The first kappa shape index (κ1) is 8.22. The average molecular weight is 122 g/mol. The normalized spacial score (nSPS) is 9.00. The van der Waals surface area contributed by atoms with Gasteiger partial charge in [0.1, 0.15) is 0 Å². The molecule has 0 atom stereocenters. The Morgan fingerprint density at radius 1 is 1.11 bits per heavy atom. The first-order valence-electron chi connectivity index (χ1n) is 3.21. The minimum atomic E-state index is 0.461. The van der Waals surface area contributed by atoms with Gasteiger partial charge in [-0.15, -0.1) is 19.7 Å². The van der Waals surface area contributed by atoms with Crippen molar-refractivity contribution in [1.82, 2.24) is 0 Å². The van der Waals surface area contributed by atoms with Gasteiger partial charge in [-0.05, 0) is 18.8 Å². The highest BCUT2D eigenvalue weighted by Crippen LogP contribution is 2.07. The molecule has 0 aliphatic carbocycles. The summed E-state index contributed by atoms with van der Waals surface area (Å²) < 4.78 is 0. The van der Waals surface area contributed by atoms with Crippen molar-refractivity contribution < 1.29 is 0 Å². The zero-order chi connectivity index (χ0) is 7.11. The lowest BCUT2D eigenvalue weighted by Gasteiger charge is -2.01. The summed E-state index contributed by atoms with van der Waals surface area (Å²) in [6.45, 7) is 11.0. The highest BCUT2D eigenvalue weighted by atomic mass is 14.0. The molecule has 0 bridgehead atoms. The van der Waals surface area contributed by atoms with Crippen molar-refractivity contribution in [3.8, 4) is 0 Å². The van der Waals surface area contributed by atoms with Crippen molar-refractivity contribution in [2.24, 2.45) is 5.92 Å². The van der Waals surface area contributed by atoms with Gasteiger partial charge >= 0.3 is 0 Å². The van der Waals surface area contributed by atoms with Crippen LogP contribution < -0.4 is 0 Å². The van der Waals surface area contributed by atoms with Crippen LogP contribution in [-0.2, 0) is 0 Å². The van der Waals surface area contributed by atoms with E-state index in [0.29, 0.717) is 5.92 Å². The van der Waals surface area contributed by atoms with E-state index in [1.165, 1.54) is 0 Å². The highest BCUT2D eigenvalue weighted by Gasteiger charge is 1.93. The maximum Gasteiger partial charge on any atom is -0.00559 e. The molecular weight excluding hydrogens is 108 g/mol. The van der Waals surface area contributed by atoms with Crippen molar-refractivity contribution >= 4 is 0 Å². The van der Waals surface area contributed by atoms with Crippen molar-refractivity contribution in [3.63, 3.8) is 0 Å². The predicted octanol–water partition coefficient (Wildman–Crippen LogP) is 2.94. The third-order valence-corrected chi connectivity index (χ3v) is 1.31. The molecule has 0 aliphatic rings. The van der Waals surface area contributed by atoms with E-state index in [2.05, 4.69) is 19.7 Å². The lowest BCUT2D eigenvalue weighted by atomic mass is 10.0. The second-order valence-electron chi connectivity index (χ2n) is 2.00. The van der Waals surface area contributed by atoms with E-state index < -0.39 is 0 Å². The summed E-state index contributed by atoms with van der Waals surface area (Å²) in [5.41, 5.74) is 0. The van der Waals surface area contributed by atoms with Gasteiger partial charge in [0, 0.05) is 0 Å². The van der Waals surface area contributed by atoms with E-state index in [9.17, 15) is 0 Å². The largest absolute Gasteiger partial charge is 0.103 e. The molecule has 0 rings (SSSR count). The highest BCUT2D eigenvalue weighted by molar-refractivity contribution is 4.92. The molecule has 0 amide bonds. The lowest BCUT2D eigenvalue weighted by molar-refractivity contribution is 0.725. The SMILES string of the molecule is C=CCCC(C=C)C=C. The van der Waals surface area contributed by atoms with Crippen LogP contribution in [0.4, 0.5) is 0 Å². The molecule has 0 aliphatic heterocycles. The van der Waals surface area contributed by atoms with Gasteiger partial charge in [-0.3, -0.25) is 0 Å². The molecule has 9 heavy (non-hydrogen) atoms. The maximum atomic E-state index is 3.68. The number of allylic oxidation sites excluding steroid dienone is 3. The fourth-order valence-electron chi connectivity index (χ4n) is 0.642. The first-order chi connectivity index (χ1) is 4.35. The average Bonchev–Trinajstić information content (AvgIpc) is 1.91. The van der Waals surface area contributed by atoms with E-state index in [1.807, 2.05) is 18.2 Å². The van der Waals surface area contributed by atoms with E-state index in [1.54, 1.807) is 0 Å². The molecule has 0 N–H and O–H groups in total. The van der Waals surface area contributed by atoms with Gasteiger partial charge in [-0.1, -0.05) is 18.2 Å². The quantitative estimate of drug-likeness (QED) is 0.492. The zero-order valence-electron chi connectivity index (χ0n) is 5.84. The number of hydrogen-bond donors (Lipinski definition) is 0. The molecule has 0 aromatic rings. The Morgan fingerprint density at radius 3 is 2.00 bits per heavy atom. The monoisotopic (exact) mass is 122 g/mol. The minimum absolute atomic E-state index is 0.461. The van der Waals surface area contributed by atoms with Crippen LogP contribution in [-0.4, -0.2) is 0 Å². The molecule has 0 fully saturated rings. The summed E-state index contributed by atoms with van der Waals surface area (Å²) in [4.78, 5) is 0. The van der Waals surface area contributed by atoms with E-state index in [-0.39, 0.29) is 0 Å². The van der Waals surface area contributed by atoms with Crippen LogP contribution in [0.15, 0.2) is 38.0 Å². The van der Waals surface area contributed by atoms with Gasteiger partial charge in [0.15, 0.2) is 0 Å². The molecule has 0 aromatic heterocycles. The summed E-state index contributed by atoms with van der Waals surface area (Å²) in [5.74, 6) is 0.461. The minimum Gasteiger partial charge on any atom is -0.103 e. The zero-order valence-corrected chi connectivity index (χ0v) is 5.84. The molecule has 50 valence electrons. The van der Waals surface area contributed by atoms with Gasteiger partial charge in [0.25, 0.3) is 0 Å². The van der Waals surface area contributed by atoms with E-state index in [4.69, 9.17) is 0 Å². The fourth-order valence-corrected chi connectivity index (χ4v) is 0.642. The molecule has 0 spiro atoms. The van der Waals surface area contributed by atoms with Crippen LogP contribution in [0.1, 0.15) is 12.8 Å². The van der Waals surface area contributed by atoms with Crippen LogP contribution in [0, 0.1) is 5.92 Å². The van der Waals surface area contributed by atoms with E-state index >= 15 is 0 Å². The lowest BCUT2D eigenvalue weighted by Crippen LogP contribution is -1.87. The Hall–Kier alpha value is -0.780. The van der Waals surface area contributed by atoms with Crippen LogP contribution in [0.3, 0.4) is 0 Å². The smallest absolute Gasteiger partial charge is 0.00559 e. The molecule has 0 radical (unpaired) electrons. The molecular formula is C9H14. The van der Waals surface area contributed by atoms with Crippen LogP contribution >= 0.6 is 0 Å². The summed E-state index contributed by atoms with van der Waals surface area (Å²) in [7, 11) is 0. The molecule has 0 nitrogen and oxygen atoms in total. The summed E-state index contributed by atoms with van der Waals surface area (Å²) >= 11 is 0. The molecule has 0 unspecified atom stereocenters. The molecule has 0 heteroatoms. The third-order valence-electron chi connectivity index (χ3n) is 1.31. The topological polar surface area (TPSA) is 0 Å². The van der Waals surface area contributed by atoms with Crippen LogP contribution in [0.25, 0.3) is 0 Å². The van der Waals surface area contributed by atoms with Crippen molar-refractivity contribution in [1.29, 1.82) is 0 Å². The summed E-state index contributed by atoms with van der Waals surface area (Å²) in [6.07, 6.45) is 7.88. The Kier molecular flexibility index (Phi) is 4.89. The van der Waals surface area contributed by atoms with Gasteiger partial charge in [-0.25, -0.2) is 0 Å². The maximum absolute atomic E-state index is 3.68. The van der Waals surface area contributed by atoms with Crippen molar-refractivity contribution in [3.05, 3.63) is 38.0 Å². The van der Waals surface area contributed by atoms with Gasteiger partial charge in [0.2, 0.25) is 0 Å². The Bertz CT molecular complexity index is 92.6. The Balaban J connectivity index is 3.41. The summed E-state index contributed by atoms with van der Waals surface area (Å²) in [5, 5.41) is 0. The third kappa shape index (κ3) is 3.77. The molecule has 0 saturated carbocycles. The van der Waals surface area contributed by atoms with Crippen LogP contribution in [0.2, 0.25) is 0 Å². The van der Waals surface area contributed by atoms with Gasteiger partial charge in [-0.2, -0.15) is 0 Å². The molecule has 0 aromatic carbocycles. The van der Waals surface area contributed by atoms with Gasteiger partial charge < -0.3 is 0 Å². The number of hydrogen-bond acceptors (Lipinski definition) is 0. The Morgan fingerprint density at radius 2 is 1.67 bits per heavy atom. The first-order valence-corrected chi connectivity index (χ1v) is 3.21. The summed E-state index contributed by atoms with van der Waals surface area (Å²) in [6, 6.07) is 0. The predicted molar refractivity (Wildman–Crippen MR) is 43.3 cm³/mol. The second kappa shape index (κ2) is 5.36. The number of rotatable bonds is 5. The molecule has 0 saturated heterocycles.